The van der Waals surface area contributed by atoms with Gasteiger partial charge in [-0.25, -0.2) is 14.4 Å². The lowest BCUT2D eigenvalue weighted by atomic mass is 9.70. The van der Waals surface area contributed by atoms with Crippen LogP contribution in [-0.4, -0.2) is 35.0 Å². The number of rotatable bonds is 3. The SMILES string of the molecule is CC(C)OCC1(C(F)(F)F)C2=CC=CN(O)C2=Nc2ccc(F)cc21. The van der Waals surface area contributed by atoms with E-state index in [1.165, 1.54) is 18.4 Å². The average molecular weight is 356 g/mol. The Morgan fingerprint density at radius 2 is 2.04 bits per heavy atom. The molecule has 1 N–H and O–H groups in total. The molecule has 25 heavy (non-hydrogen) atoms. The minimum Gasteiger partial charge on any atom is -0.377 e. The maximum Gasteiger partial charge on any atom is 0.404 e. The predicted molar refractivity (Wildman–Crippen MR) is 83.2 cm³/mol. The van der Waals surface area contributed by atoms with Crippen molar-refractivity contribution in [3.63, 3.8) is 0 Å². The normalized spacial score (nSPS) is 22.5. The van der Waals surface area contributed by atoms with Crippen molar-refractivity contribution in [3.8, 4) is 0 Å². The van der Waals surface area contributed by atoms with Gasteiger partial charge in [0.05, 0.1) is 18.4 Å². The van der Waals surface area contributed by atoms with Gasteiger partial charge in [-0.3, -0.25) is 5.21 Å². The van der Waals surface area contributed by atoms with Crippen molar-refractivity contribution < 1.29 is 27.5 Å². The van der Waals surface area contributed by atoms with Gasteiger partial charge in [-0.2, -0.15) is 13.2 Å². The summed E-state index contributed by atoms with van der Waals surface area (Å²) in [4.78, 5) is 4.08. The van der Waals surface area contributed by atoms with E-state index >= 15 is 0 Å². The van der Waals surface area contributed by atoms with Gasteiger partial charge in [-0.05, 0) is 38.1 Å². The zero-order valence-electron chi connectivity index (χ0n) is 13.5. The van der Waals surface area contributed by atoms with Gasteiger partial charge in [0.1, 0.15) is 11.2 Å². The van der Waals surface area contributed by atoms with Crippen molar-refractivity contribution >= 4 is 11.5 Å². The van der Waals surface area contributed by atoms with E-state index in [0.29, 0.717) is 5.06 Å². The van der Waals surface area contributed by atoms with E-state index in [1.54, 1.807) is 13.8 Å². The number of hydroxylamine groups is 2. The maximum atomic E-state index is 14.3. The van der Waals surface area contributed by atoms with Crippen LogP contribution in [0.5, 0.6) is 0 Å². The lowest BCUT2D eigenvalue weighted by Gasteiger charge is -2.43. The van der Waals surface area contributed by atoms with E-state index in [2.05, 4.69) is 4.99 Å². The summed E-state index contributed by atoms with van der Waals surface area (Å²) in [6.07, 6.45) is -1.60. The van der Waals surface area contributed by atoms with Gasteiger partial charge in [-0.1, -0.05) is 6.08 Å². The maximum absolute atomic E-state index is 14.3. The van der Waals surface area contributed by atoms with E-state index in [1.807, 2.05) is 0 Å². The number of allylic oxidation sites excluding steroid dienone is 2. The molecular weight excluding hydrogens is 340 g/mol. The zero-order valence-corrected chi connectivity index (χ0v) is 13.5. The Bertz CT molecular complexity index is 783. The van der Waals surface area contributed by atoms with Crippen LogP contribution in [0.15, 0.2) is 47.1 Å². The van der Waals surface area contributed by atoms with Crippen LogP contribution < -0.4 is 0 Å². The van der Waals surface area contributed by atoms with Gasteiger partial charge < -0.3 is 4.74 Å². The van der Waals surface area contributed by atoms with Crippen molar-refractivity contribution in [1.29, 1.82) is 0 Å². The minimum atomic E-state index is -4.80. The highest BCUT2D eigenvalue weighted by Gasteiger charge is 2.62. The van der Waals surface area contributed by atoms with Crippen LogP contribution in [0.4, 0.5) is 23.2 Å². The van der Waals surface area contributed by atoms with Crippen LogP contribution in [0.25, 0.3) is 0 Å². The lowest BCUT2D eigenvalue weighted by Crippen LogP contribution is -2.53. The molecule has 0 saturated carbocycles. The molecule has 1 aromatic carbocycles. The quantitative estimate of drug-likeness (QED) is 0.824. The standard InChI is InChI=1S/C17H16F4N2O2/c1-10(2)25-9-16(17(19,20)21)12-4-3-7-23(24)15(12)22-14-6-5-11(18)8-13(14)16/h3-8,10,24H,9H2,1-2H3. The summed E-state index contributed by atoms with van der Waals surface area (Å²) in [6, 6.07) is 3.02. The van der Waals surface area contributed by atoms with E-state index in [4.69, 9.17) is 4.74 Å². The molecular formula is C17H16F4N2O2. The molecule has 134 valence electrons. The van der Waals surface area contributed by atoms with Crippen molar-refractivity contribution in [2.24, 2.45) is 4.99 Å². The van der Waals surface area contributed by atoms with Crippen LogP contribution in [0, 0.1) is 5.82 Å². The molecule has 3 rings (SSSR count). The van der Waals surface area contributed by atoms with Gasteiger partial charge in [-0.15, -0.1) is 0 Å². The van der Waals surface area contributed by atoms with Gasteiger partial charge in [0, 0.05) is 17.3 Å². The monoisotopic (exact) mass is 356 g/mol. The van der Waals surface area contributed by atoms with Gasteiger partial charge in [0.25, 0.3) is 0 Å². The lowest BCUT2D eigenvalue weighted by molar-refractivity contribution is -0.195. The van der Waals surface area contributed by atoms with E-state index in [9.17, 15) is 22.8 Å². The topological polar surface area (TPSA) is 45.1 Å². The fraction of sp³-hybridized carbons (Fsp3) is 0.353. The third kappa shape index (κ3) is 2.75. The number of hydrogen-bond donors (Lipinski definition) is 1. The highest BCUT2D eigenvalue weighted by molar-refractivity contribution is 6.05. The first kappa shape index (κ1) is 17.6. The Labute approximate surface area is 141 Å². The second kappa shape index (κ2) is 5.96. The molecule has 1 aromatic rings. The number of amidine groups is 1. The predicted octanol–water partition coefficient (Wildman–Crippen LogP) is 4.24. The summed E-state index contributed by atoms with van der Waals surface area (Å²) in [5.41, 5.74) is -3.33. The van der Waals surface area contributed by atoms with Crippen molar-refractivity contribution in [3.05, 3.63) is 53.5 Å². The molecule has 4 nitrogen and oxygen atoms in total. The number of halogens is 4. The summed E-state index contributed by atoms with van der Waals surface area (Å²) < 4.78 is 62.1. The first-order chi connectivity index (χ1) is 11.7. The number of nitrogens with zero attached hydrogens (tertiary/aromatic N) is 2. The van der Waals surface area contributed by atoms with E-state index in [-0.39, 0.29) is 22.7 Å². The largest absolute Gasteiger partial charge is 0.404 e. The number of alkyl halides is 3. The van der Waals surface area contributed by atoms with Crippen LogP contribution in [0.1, 0.15) is 19.4 Å². The van der Waals surface area contributed by atoms with Crippen LogP contribution in [0.2, 0.25) is 0 Å². The summed E-state index contributed by atoms with van der Waals surface area (Å²) in [7, 11) is 0. The first-order valence-corrected chi connectivity index (χ1v) is 7.61. The van der Waals surface area contributed by atoms with Crippen molar-refractivity contribution in [2.75, 3.05) is 6.61 Å². The number of aliphatic imine (C=N–C) groups is 1. The Kier molecular flexibility index (Phi) is 4.20. The minimum absolute atomic E-state index is 0.0624. The number of benzene rings is 1. The second-order valence-corrected chi connectivity index (χ2v) is 6.13. The third-order valence-corrected chi connectivity index (χ3v) is 4.17. The fourth-order valence-corrected chi connectivity index (χ4v) is 2.98. The summed E-state index contributed by atoms with van der Waals surface area (Å²) in [6.45, 7) is 2.47. The Hall–Kier alpha value is -2.19. The van der Waals surface area contributed by atoms with Crippen LogP contribution in [-0.2, 0) is 10.2 Å². The molecule has 8 heteroatoms. The molecule has 0 aromatic heterocycles. The molecule has 2 aliphatic heterocycles. The van der Waals surface area contributed by atoms with Crippen LogP contribution >= 0.6 is 0 Å². The third-order valence-electron chi connectivity index (χ3n) is 4.17. The first-order valence-electron chi connectivity index (χ1n) is 7.61. The molecule has 0 saturated heterocycles. The Morgan fingerprint density at radius 1 is 1.32 bits per heavy atom. The van der Waals surface area contributed by atoms with Crippen molar-refractivity contribution in [1.82, 2.24) is 5.06 Å². The summed E-state index contributed by atoms with van der Waals surface area (Å²) >= 11 is 0. The summed E-state index contributed by atoms with van der Waals surface area (Å²) in [5.74, 6) is -1.06. The molecule has 0 spiro atoms. The number of fused-ring (bicyclic) bond motifs is 2. The molecule has 2 heterocycles. The van der Waals surface area contributed by atoms with Crippen molar-refractivity contribution in [2.45, 2.75) is 31.5 Å². The molecule has 1 unspecified atom stereocenters. The molecule has 1 atom stereocenters. The zero-order chi connectivity index (χ0) is 18.4. The molecule has 2 aliphatic rings. The Morgan fingerprint density at radius 3 is 2.68 bits per heavy atom. The van der Waals surface area contributed by atoms with E-state index in [0.717, 1.165) is 18.2 Å². The molecule has 0 radical (unpaired) electrons. The van der Waals surface area contributed by atoms with Gasteiger partial charge in [0.15, 0.2) is 5.84 Å². The highest BCUT2D eigenvalue weighted by Crippen LogP contribution is 2.53. The fourth-order valence-electron chi connectivity index (χ4n) is 2.98. The number of ether oxygens (including phenoxy) is 1. The average Bonchev–Trinajstić information content (AvgIpc) is 2.51. The number of hydrogen-bond acceptors (Lipinski definition) is 4. The van der Waals surface area contributed by atoms with Gasteiger partial charge >= 0.3 is 6.18 Å². The molecule has 0 fully saturated rings. The smallest absolute Gasteiger partial charge is 0.377 e. The second-order valence-electron chi connectivity index (χ2n) is 6.13. The Balaban J connectivity index is 2.32. The van der Waals surface area contributed by atoms with Crippen LogP contribution in [0.3, 0.4) is 0 Å². The molecule has 0 amide bonds. The highest BCUT2D eigenvalue weighted by atomic mass is 19.4. The molecule has 0 aliphatic carbocycles. The molecule has 0 bridgehead atoms. The van der Waals surface area contributed by atoms with E-state index < -0.39 is 30.1 Å². The van der Waals surface area contributed by atoms with Gasteiger partial charge in [0.2, 0.25) is 0 Å². The summed E-state index contributed by atoms with van der Waals surface area (Å²) in [5, 5.41) is 10.5.